The molecule has 0 fully saturated rings. The van der Waals surface area contributed by atoms with Gasteiger partial charge in [0, 0.05) is 11.4 Å². The molecule has 2 rings (SSSR count). The number of carbonyl (C=O) groups is 2. The minimum absolute atomic E-state index is 0.0979. The van der Waals surface area contributed by atoms with Gasteiger partial charge in [-0.25, -0.2) is 13.1 Å². The van der Waals surface area contributed by atoms with Gasteiger partial charge in [-0.2, -0.15) is 0 Å². The summed E-state index contributed by atoms with van der Waals surface area (Å²) in [5, 5.41) is 0. The highest BCUT2D eigenvalue weighted by molar-refractivity contribution is 7.89. The monoisotopic (exact) mass is 423 g/mol. The van der Waals surface area contributed by atoms with E-state index >= 15 is 0 Å². The second kappa shape index (κ2) is 8.98. The van der Waals surface area contributed by atoms with E-state index in [0.717, 1.165) is 16.0 Å². The van der Waals surface area contributed by atoms with Crippen LogP contribution >= 0.6 is 11.3 Å². The Bertz CT molecular complexity index is 980. The van der Waals surface area contributed by atoms with Gasteiger partial charge in [0.05, 0.1) is 16.2 Å². The highest BCUT2D eigenvalue weighted by Gasteiger charge is 2.22. The Labute approximate surface area is 170 Å². The first-order valence-corrected chi connectivity index (χ1v) is 11.1. The Morgan fingerprint density at radius 3 is 2.18 bits per heavy atom. The standard InChI is InChI=1S/C20H25NO5S2/c1-12-10-13(2)16(5)20(15(12)4)28(24,25)21-9-8-19(23)26-11-17(22)18-7-6-14(3)27-18/h6-7,10,21H,8-9,11H2,1-5H3. The number of Topliss-reactive ketones (excluding diaryl/α,β-unsaturated/α-hetero) is 1. The molecule has 0 aliphatic heterocycles. The summed E-state index contributed by atoms with van der Waals surface area (Å²) < 4.78 is 32.8. The number of ether oxygens (including phenoxy) is 1. The number of rotatable bonds is 8. The Morgan fingerprint density at radius 2 is 1.64 bits per heavy atom. The third kappa shape index (κ3) is 5.27. The van der Waals surface area contributed by atoms with Crippen LogP contribution in [0, 0.1) is 34.6 Å². The second-order valence-electron chi connectivity index (χ2n) is 6.73. The minimum atomic E-state index is -3.76. The topological polar surface area (TPSA) is 89.5 Å². The zero-order valence-corrected chi connectivity index (χ0v) is 18.3. The number of esters is 1. The molecule has 1 N–H and O–H groups in total. The van der Waals surface area contributed by atoms with E-state index in [1.807, 2.05) is 32.9 Å². The van der Waals surface area contributed by atoms with Gasteiger partial charge in [-0.15, -0.1) is 11.3 Å². The largest absolute Gasteiger partial charge is 0.457 e. The van der Waals surface area contributed by atoms with E-state index in [1.165, 1.54) is 11.3 Å². The molecular weight excluding hydrogens is 398 g/mol. The smallest absolute Gasteiger partial charge is 0.307 e. The van der Waals surface area contributed by atoms with Crippen molar-refractivity contribution < 1.29 is 22.7 Å². The minimum Gasteiger partial charge on any atom is -0.457 e. The first-order valence-electron chi connectivity index (χ1n) is 8.85. The molecule has 0 atom stereocenters. The van der Waals surface area contributed by atoms with E-state index in [0.29, 0.717) is 16.0 Å². The lowest BCUT2D eigenvalue weighted by atomic mass is 10.0. The van der Waals surface area contributed by atoms with Crippen molar-refractivity contribution in [3.8, 4) is 0 Å². The lowest BCUT2D eigenvalue weighted by Crippen LogP contribution is -2.28. The molecule has 6 nitrogen and oxygen atoms in total. The van der Waals surface area contributed by atoms with Gasteiger partial charge in [0.2, 0.25) is 15.8 Å². The lowest BCUT2D eigenvalue weighted by Gasteiger charge is -2.16. The molecule has 1 aromatic carbocycles. The maximum Gasteiger partial charge on any atom is 0.307 e. The van der Waals surface area contributed by atoms with Crippen LogP contribution in [0.3, 0.4) is 0 Å². The molecule has 0 unspecified atom stereocenters. The van der Waals surface area contributed by atoms with Crippen molar-refractivity contribution in [1.29, 1.82) is 0 Å². The quantitative estimate of drug-likeness (QED) is 0.519. The molecule has 0 aliphatic rings. The SMILES string of the molecule is Cc1ccc(C(=O)COC(=O)CCNS(=O)(=O)c2c(C)c(C)cc(C)c2C)s1. The number of ketones is 1. The molecular formula is C20H25NO5S2. The fourth-order valence-corrected chi connectivity index (χ4v) is 5.25. The Kier molecular flexibility index (Phi) is 7.14. The maximum absolute atomic E-state index is 12.7. The van der Waals surface area contributed by atoms with E-state index in [-0.39, 0.29) is 30.3 Å². The summed E-state index contributed by atoms with van der Waals surface area (Å²) in [7, 11) is -3.76. The van der Waals surface area contributed by atoms with Gasteiger partial charge in [-0.05, 0) is 69.0 Å². The van der Waals surface area contributed by atoms with E-state index in [2.05, 4.69) is 4.72 Å². The molecule has 0 aliphatic carbocycles. The van der Waals surface area contributed by atoms with Gasteiger partial charge < -0.3 is 4.74 Å². The molecule has 0 spiro atoms. The molecule has 0 radical (unpaired) electrons. The highest BCUT2D eigenvalue weighted by Crippen LogP contribution is 2.25. The van der Waals surface area contributed by atoms with Crippen LogP contribution in [0.1, 0.15) is 43.2 Å². The molecule has 0 saturated heterocycles. The third-order valence-electron chi connectivity index (χ3n) is 4.57. The van der Waals surface area contributed by atoms with Crippen LogP contribution in [-0.2, 0) is 19.6 Å². The number of nitrogens with one attached hydrogen (secondary N) is 1. The van der Waals surface area contributed by atoms with Crippen LogP contribution in [0.2, 0.25) is 0 Å². The number of benzene rings is 1. The Balaban J connectivity index is 1.92. The number of carbonyl (C=O) groups excluding carboxylic acids is 2. The number of aryl methyl sites for hydroxylation is 3. The van der Waals surface area contributed by atoms with Gasteiger partial charge in [-0.1, -0.05) is 6.07 Å². The van der Waals surface area contributed by atoms with Gasteiger partial charge in [0.25, 0.3) is 0 Å². The van der Waals surface area contributed by atoms with Crippen molar-refractivity contribution in [3.63, 3.8) is 0 Å². The summed E-state index contributed by atoms with van der Waals surface area (Å²) in [6, 6.07) is 5.47. The molecule has 1 heterocycles. The number of thiophene rings is 1. The van der Waals surface area contributed by atoms with Crippen LogP contribution in [0.15, 0.2) is 23.1 Å². The second-order valence-corrected chi connectivity index (χ2v) is 9.72. The van der Waals surface area contributed by atoms with Crippen LogP contribution in [0.5, 0.6) is 0 Å². The maximum atomic E-state index is 12.7. The third-order valence-corrected chi connectivity index (χ3v) is 7.34. The van der Waals surface area contributed by atoms with Crippen molar-refractivity contribution in [2.45, 2.75) is 45.9 Å². The van der Waals surface area contributed by atoms with Gasteiger partial charge in [0.15, 0.2) is 6.61 Å². The van der Waals surface area contributed by atoms with Crippen molar-refractivity contribution in [3.05, 3.63) is 50.2 Å². The zero-order chi connectivity index (χ0) is 21.1. The predicted molar refractivity (Wildman–Crippen MR) is 110 cm³/mol. The van der Waals surface area contributed by atoms with Crippen molar-refractivity contribution in [2.75, 3.05) is 13.2 Å². The van der Waals surface area contributed by atoms with Gasteiger partial charge in [0.1, 0.15) is 0 Å². The van der Waals surface area contributed by atoms with E-state index in [4.69, 9.17) is 4.74 Å². The Morgan fingerprint density at radius 1 is 1.04 bits per heavy atom. The van der Waals surface area contributed by atoms with Crippen molar-refractivity contribution in [2.24, 2.45) is 0 Å². The molecule has 0 bridgehead atoms. The first-order chi connectivity index (χ1) is 13.0. The lowest BCUT2D eigenvalue weighted by molar-refractivity contribution is -0.142. The summed E-state index contributed by atoms with van der Waals surface area (Å²) in [4.78, 5) is 25.6. The van der Waals surface area contributed by atoms with Crippen LogP contribution in [-0.4, -0.2) is 33.3 Å². The van der Waals surface area contributed by atoms with Crippen molar-refractivity contribution >= 4 is 33.1 Å². The van der Waals surface area contributed by atoms with E-state index < -0.39 is 16.0 Å². The van der Waals surface area contributed by atoms with Crippen LogP contribution in [0.25, 0.3) is 0 Å². The summed E-state index contributed by atoms with van der Waals surface area (Å²) in [6.45, 7) is 8.71. The summed E-state index contributed by atoms with van der Waals surface area (Å²) in [5.41, 5.74) is 3.17. The fraction of sp³-hybridized carbons (Fsp3) is 0.400. The number of hydrogen-bond acceptors (Lipinski definition) is 6. The normalized spacial score (nSPS) is 11.5. The molecule has 8 heteroatoms. The molecule has 0 saturated carbocycles. The van der Waals surface area contributed by atoms with Crippen LogP contribution < -0.4 is 4.72 Å². The molecule has 0 amide bonds. The average Bonchev–Trinajstić information content (AvgIpc) is 3.04. The van der Waals surface area contributed by atoms with Gasteiger partial charge in [-0.3, -0.25) is 9.59 Å². The van der Waals surface area contributed by atoms with Crippen molar-refractivity contribution in [1.82, 2.24) is 4.72 Å². The highest BCUT2D eigenvalue weighted by atomic mass is 32.2. The number of sulfonamides is 1. The Hall–Kier alpha value is -2.03. The van der Waals surface area contributed by atoms with E-state index in [9.17, 15) is 18.0 Å². The molecule has 1 aromatic heterocycles. The van der Waals surface area contributed by atoms with E-state index in [1.54, 1.807) is 19.9 Å². The fourth-order valence-electron chi connectivity index (χ4n) is 2.82. The number of hydrogen-bond donors (Lipinski definition) is 1. The van der Waals surface area contributed by atoms with Crippen LogP contribution in [0.4, 0.5) is 0 Å². The predicted octanol–water partition coefficient (Wildman–Crippen LogP) is 3.38. The molecule has 28 heavy (non-hydrogen) atoms. The van der Waals surface area contributed by atoms with Gasteiger partial charge >= 0.3 is 5.97 Å². The zero-order valence-electron chi connectivity index (χ0n) is 16.7. The first kappa shape index (κ1) is 22.3. The summed E-state index contributed by atoms with van der Waals surface area (Å²) in [6.07, 6.45) is -0.154. The molecule has 152 valence electrons. The summed E-state index contributed by atoms with van der Waals surface area (Å²) in [5.74, 6) is -0.897. The molecule has 2 aromatic rings. The summed E-state index contributed by atoms with van der Waals surface area (Å²) >= 11 is 1.34. The average molecular weight is 424 g/mol.